The molecular formula is C13H17N3. The third-order valence-electron chi connectivity index (χ3n) is 3.59. The SMILES string of the molecule is Cc1c2ccc(N3CCCC3)cc2nn1C. The smallest absolute Gasteiger partial charge is 0.0946 e. The maximum Gasteiger partial charge on any atom is 0.0946 e. The summed E-state index contributed by atoms with van der Waals surface area (Å²) in [6.45, 7) is 4.50. The molecule has 0 saturated carbocycles. The van der Waals surface area contributed by atoms with Crippen molar-refractivity contribution in [3.63, 3.8) is 0 Å². The molecule has 84 valence electrons. The van der Waals surface area contributed by atoms with E-state index in [4.69, 9.17) is 0 Å². The molecule has 2 aromatic rings. The van der Waals surface area contributed by atoms with E-state index in [1.165, 1.54) is 42.7 Å². The fourth-order valence-electron chi connectivity index (χ4n) is 2.49. The molecule has 0 unspecified atom stereocenters. The Balaban J connectivity index is 2.08. The first-order chi connectivity index (χ1) is 7.75. The number of fused-ring (bicyclic) bond motifs is 1. The van der Waals surface area contributed by atoms with Crippen LogP contribution in [0.15, 0.2) is 18.2 Å². The molecule has 1 aliphatic heterocycles. The summed E-state index contributed by atoms with van der Waals surface area (Å²) in [6.07, 6.45) is 2.64. The maximum absolute atomic E-state index is 4.53. The van der Waals surface area contributed by atoms with Crippen molar-refractivity contribution in [3.05, 3.63) is 23.9 Å². The minimum atomic E-state index is 1.12. The molecule has 3 heteroatoms. The van der Waals surface area contributed by atoms with E-state index in [0.29, 0.717) is 0 Å². The van der Waals surface area contributed by atoms with Gasteiger partial charge in [-0.25, -0.2) is 0 Å². The van der Waals surface area contributed by atoms with Crippen LogP contribution < -0.4 is 4.90 Å². The van der Waals surface area contributed by atoms with Crippen molar-refractivity contribution in [1.82, 2.24) is 9.78 Å². The van der Waals surface area contributed by atoms with Crippen LogP contribution in [-0.4, -0.2) is 22.9 Å². The third kappa shape index (κ3) is 1.39. The van der Waals surface area contributed by atoms with E-state index in [1.807, 2.05) is 11.7 Å². The van der Waals surface area contributed by atoms with E-state index in [-0.39, 0.29) is 0 Å². The highest BCUT2D eigenvalue weighted by Crippen LogP contribution is 2.25. The first-order valence-electron chi connectivity index (χ1n) is 5.94. The number of aromatic nitrogens is 2. The minimum Gasteiger partial charge on any atom is -0.371 e. The molecule has 0 bridgehead atoms. The fourth-order valence-corrected chi connectivity index (χ4v) is 2.49. The highest BCUT2D eigenvalue weighted by Gasteiger charge is 2.13. The van der Waals surface area contributed by atoms with Crippen LogP contribution in [0.1, 0.15) is 18.5 Å². The molecule has 3 nitrogen and oxygen atoms in total. The van der Waals surface area contributed by atoms with Gasteiger partial charge in [0.25, 0.3) is 0 Å². The van der Waals surface area contributed by atoms with Gasteiger partial charge < -0.3 is 4.90 Å². The van der Waals surface area contributed by atoms with Crippen LogP contribution in [0, 0.1) is 6.92 Å². The van der Waals surface area contributed by atoms with Crippen LogP contribution >= 0.6 is 0 Å². The third-order valence-corrected chi connectivity index (χ3v) is 3.59. The number of rotatable bonds is 1. The molecule has 0 radical (unpaired) electrons. The van der Waals surface area contributed by atoms with E-state index < -0.39 is 0 Å². The van der Waals surface area contributed by atoms with E-state index in [2.05, 4.69) is 35.1 Å². The molecule has 1 fully saturated rings. The van der Waals surface area contributed by atoms with Gasteiger partial charge in [-0.15, -0.1) is 0 Å². The van der Waals surface area contributed by atoms with E-state index in [0.717, 1.165) is 5.52 Å². The molecule has 1 aromatic carbocycles. The molecule has 16 heavy (non-hydrogen) atoms. The standard InChI is InChI=1S/C13H17N3/c1-10-12-6-5-11(16-7-3-4-8-16)9-13(12)14-15(10)2/h5-6,9H,3-4,7-8H2,1-2H3. The summed E-state index contributed by atoms with van der Waals surface area (Å²) in [6, 6.07) is 6.64. The van der Waals surface area contributed by atoms with Crippen LogP contribution in [0.25, 0.3) is 10.9 Å². The van der Waals surface area contributed by atoms with Crippen molar-refractivity contribution >= 4 is 16.6 Å². The number of anilines is 1. The number of benzene rings is 1. The molecule has 0 N–H and O–H groups in total. The van der Waals surface area contributed by atoms with E-state index in [9.17, 15) is 0 Å². The average Bonchev–Trinajstić information content (AvgIpc) is 2.88. The lowest BCUT2D eigenvalue weighted by molar-refractivity contribution is 0.751. The number of hydrogen-bond acceptors (Lipinski definition) is 2. The summed E-state index contributed by atoms with van der Waals surface area (Å²) in [5.74, 6) is 0. The van der Waals surface area contributed by atoms with Crippen LogP contribution in [0.3, 0.4) is 0 Å². The second-order valence-electron chi connectivity index (χ2n) is 4.60. The van der Waals surface area contributed by atoms with Crippen LogP contribution in [0.4, 0.5) is 5.69 Å². The van der Waals surface area contributed by atoms with Gasteiger partial charge in [-0.3, -0.25) is 4.68 Å². The monoisotopic (exact) mass is 215 g/mol. The van der Waals surface area contributed by atoms with Gasteiger partial charge in [-0.2, -0.15) is 5.10 Å². The summed E-state index contributed by atoms with van der Waals surface area (Å²) in [7, 11) is 2.00. The Hall–Kier alpha value is -1.51. The summed E-state index contributed by atoms with van der Waals surface area (Å²) >= 11 is 0. The zero-order valence-electron chi connectivity index (χ0n) is 9.90. The van der Waals surface area contributed by atoms with Crippen LogP contribution in [0.5, 0.6) is 0 Å². The van der Waals surface area contributed by atoms with Crippen LogP contribution in [-0.2, 0) is 7.05 Å². The lowest BCUT2D eigenvalue weighted by atomic mass is 10.2. The first-order valence-corrected chi connectivity index (χ1v) is 5.94. The Morgan fingerprint density at radius 3 is 2.69 bits per heavy atom. The normalized spacial score (nSPS) is 16.2. The lowest BCUT2D eigenvalue weighted by Crippen LogP contribution is -2.17. The molecule has 0 spiro atoms. The maximum atomic E-state index is 4.53. The van der Waals surface area contributed by atoms with Gasteiger partial charge in [-0.05, 0) is 38.0 Å². The number of hydrogen-bond donors (Lipinski definition) is 0. The largest absolute Gasteiger partial charge is 0.371 e. The zero-order chi connectivity index (χ0) is 11.1. The molecular weight excluding hydrogens is 198 g/mol. The van der Waals surface area contributed by atoms with E-state index >= 15 is 0 Å². The predicted octanol–water partition coefficient (Wildman–Crippen LogP) is 2.48. The Morgan fingerprint density at radius 2 is 1.94 bits per heavy atom. The molecule has 0 amide bonds. The van der Waals surface area contributed by atoms with Gasteiger partial charge in [0, 0.05) is 36.9 Å². The summed E-state index contributed by atoms with van der Waals surface area (Å²) in [5.41, 5.74) is 3.68. The minimum absolute atomic E-state index is 1.12. The van der Waals surface area contributed by atoms with Gasteiger partial charge in [-0.1, -0.05) is 0 Å². The quantitative estimate of drug-likeness (QED) is 0.728. The highest BCUT2D eigenvalue weighted by molar-refractivity contribution is 5.84. The Kier molecular flexibility index (Phi) is 2.13. The second-order valence-corrected chi connectivity index (χ2v) is 4.60. The topological polar surface area (TPSA) is 21.1 Å². The Labute approximate surface area is 95.7 Å². The van der Waals surface area contributed by atoms with Crippen molar-refractivity contribution in [2.24, 2.45) is 7.05 Å². The van der Waals surface area contributed by atoms with Gasteiger partial charge in [0.1, 0.15) is 0 Å². The molecule has 0 atom stereocenters. The number of nitrogens with zero attached hydrogens (tertiary/aromatic N) is 3. The molecule has 1 aromatic heterocycles. The predicted molar refractivity (Wildman–Crippen MR) is 66.9 cm³/mol. The average molecular weight is 215 g/mol. The summed E-state index contributed by atoms with van der Waals surface area (Å²) in [4.78, 5) is 2.45. The lowest BCUT2D eigenvalue weighted by Gasteiger charge is -2.17. The second kappa shape index (κ2) is 3.51. The molecule has 2 heterocycles. The van der Waals surface area contributed by atoms with Crippen molar-refractivity contribution in [2.75, 3.05) is 18.0 Å². The summed E-state index contributed by atoms with van der Waals surface area (Å²) < 4.78 is 1.96. The fraction of sp³-hybridized carbons (Fsp3) is 0.462. The van der Waals surface area contributed by atoms with Gasteiger partial charge in [0.05, 0.1) is 5.52 Å². The molecule has 1 aliphatic rings. The summed E-state index contributed by atoms with van der Waals surface area (Å²) in [5, 5.41) is 5.80. The van der Waals surface area contributed by atoms with Gasteiger partial charge >= 0.3 is 0 Å². The molecule has 1 saturated heterocycles. The highest BCUT2D eigenvalue weighted by atomic mass is 15.3. The van der Waals surface area contributed by atoms with Crippen molar-refractivity contribution in [2.45, 2.75) is 19.8 Å². The van der Waals surface area contributed by atoms with Crippen LogP contribution in [0.2, 0.25) is 0 Å². The molecule has 0 aliphatic carbocycles. The van der Waals surface area contributed by atoms with Gasteiger partial charge in [0.2, 0.25) is 0 Å². The Bertz CT molecular complexity index is 521. The van der Waals surface area contributed by atoms with Crippen molar-refractivity contribution in [3.8, 4) is 0 Å². The molecule has 3 rings (SSSR count). The van der Waals surface area contributed by atoms with Crippen molar-refractivity contribution < 1.29 is 0 Å². The Morgan fingerprint density at radius 1 is 1.19 bits per heavy atom. The van der Waals surface area contributed by atoms with E-state index in [1.54, 1.807) is 0 Å². The number of aryl methyl sites for hydroxylation is 2. The first kappa shape index (κ1) is 9.70. The zero-order valence-corrected chi connectivity index (χ0v) is 9.90. The van der Waals surface area contributed by atoms with Crippen molar-refractivity contribution in [1.29, 1.82) is 0 Å². The van der Waals surface area contributed by atoms with Gasteiger partial charge in [0.15, 0.2) is 0 Å².